The number of imidazole rings is 1. The van der Waals surface area contributed by atoms with Gasteiger partial charge >= 0.3 is 0 Å². The summed E-state index contributed by atoms with van der Waals surface area (Å²) in [6, 6.07) is 21.5. The van der Waals surface area contributed by atoms with E-state index < -0.39 is 4.92 Å². The van der Waals surface area contributed by atoms with Crippen molar-refractivity contribution in [3.05, 3.63) is 99.9 Å². The van der Waals surface area contributed by atoms with Crippen molar-refractivity contribution in [1.29, 1.82) is 0 Å². The Labute approximate surface area is 185 Å². The fraction of sp³-hybridized carbons (Fsp3) is 0.200. The van der Waals surface area contributed by atoms with Crippen LogP contribution in [0.1, 0.15) is 41.5 Å². The molecule has 0 aliphatic carbocycles. The highest BCUT2D eigenvalue weighted by molar-refractivity contribution is 6.05. The van der Waals surface area contributed by atoms with Crippen LogP contribution in [0.4, 0.5) is 11.4 Å². The van der Waals surface area contributed by atoms with E-state index in [9.17, 15) is 14.9 Å². The number of benzene rings is 3. The fourth-order valence-electron chi connectivity index (χ4n) is 3.73. The second-order valence-corrected chi connectivity index (χ2v) is 7.64. The normalized spacial score (nSPS) is 10.9. The molecule has 4 aromatic rings. The molecule has 32 heavy (non-hydrogen) atoms. The standard InChI is InChI=1S/C25H24N4O3/c1-2-3-13-24-26-20-11-7-8-12-22(20)28(24)17-18-14-15-21(23(16-18)29(31)32)27-25(30)19-9-5-4-6-10-19/h4-12,14-16H,2-3,13,17H2,1H3,(H,27,30). The van der Waals surface area contributed by atoms with Crippen LogP contribution in [0.5, 0.6) is 0 Å². The summed E-state index contributed by atoms with van der Waals surface area (Å²) >= 11 is 0. The number of para-hydroxylation sites is 2. The summed E-state index contributed by atoms with van der Waals surface area (Å²) < 4.78 is 2.12. The maximum absolute atomic E-state index is 12.5. The van der Waals surface area contributed by atoms with Gasteiger partial charge in [-0.05, 0) is 42.3 Å². The number of amides is 1. The van der Waals surface area contributed by atoms with Gasteiger partial charge in [-0.2, -0.15) is 0 Å². The number of nitrogens with zero attached hydrogens (tertiary/aromatic N) is 3. The Morgan fingerprint density at radius 3 is 2.56 bits per heavy atom. The quantitative estimate of drug-likeness (QED) is 0.293. The van der Waals surface area contributed by atoms with E-state index in [-0.39, 0.29) is 17.3 Å². The number of aromatic nitrogens is 2. The lowest BCUT2D eigenvalue weighted by Gasteiger charge is -2.11. The average molecular weight is 428 g/mol. The van der Waals surface area contributed by atoms with Gasteiger partial charge in [-0.3, -0.25) is 14.9 Å². The second kappa shape index (κ2) is 9.43. The van der Waals surface area contributed by atoms with Crippen LogP contribution < -0.4 is 5.32 Å². The number of carbonyl (C=O) groups is 1. The molecule has 0 saturated heterocycles. The number of hydrogen-bond donors (Lipinski definition) is 1. The third-order valence-electron chi connectivity index (χ3n) is 5.37. The molecule has 0 fully saturated rings. The minimum atomic E-state index is -0.464. The molecule has 3 aromatic carbocycles. The van der Waals surface area contributed by atoms with Gasteiger partial charge in [0.1, 0.15) is 11.5 Å². The summed E-state index contributed by atoms with van der Waals surface area (Å²) in [4.78, 5) is 28.5. The van der Waals surface area contributed by atoms with E-state index in [0.717, 1.165) is 41.7 Å². The Morgan fingerprint density at radius 2 is 1.81 bits per heavy atom. The highest BCUT2D eigenvalue weighted by Gasteiger charge is 2.19. The molecule has 0 aliphatic rings. The van der Waals surface area contributed by atoms with Crippen molar-refractivity contribution in [2.45, 2.75) is 32.7 Å². The monoisotopic (exact) mass is 428 g/mol. The molecule has 1 N–H and O–H groups in total. The van der Waals surface area contributed by atoms with Gasteiger partial charge in [-0.25, -0.2) is 4.98 Å². The van der Waals surface area contributed by atoms with E-state index in [4.69, 9.17) is 4.98 Å². The van der Waals surface area contributed by atoms with Gasteiger partial charge in [0.2, 0.25) is 0 Å². The topological polar surface area (TPSA) is 90.1 Å². The number of nitro benzene ring substituents is 1. The molecule has 7 nitrogen and oxygen atoms in total. The SMILES string of the molecule is CCCCc1nc2ccccc2n1Cc1ccc(NC(=O)c2ccccc2)c([N+](=O)[O-])c1. The maximum Gasteiger partial charge on any atom is 0.293 e. The highest BCUT2D eigenvalue weighted by atomic mass is 16.6. The van der Waals surface area contributed by atoms with Crippen molar-refractivity contribution in [2.75, 3.05) is 5.32 Å². The lowest BCUT2D eigenvalue weighted by molar-refractivity contribution is -0.384. The highest BCUT2D eigenvalue weighted by Crippen LogP contribution is 2.28. The van der Waals surface area contributed by atoms with Gasteiger partial charge < -0.3 is 9.88 Å². The second-order valence-electron chi connectivity index (χ2n) is 7.64. The molecule has 0 saturated carbocycles. The fourth-order valence-corrected chi connectivity index (χ4v) is 3.73. The third-order valence-corrected chi connectivity index (χ3v) is 5.37. The van der Waals surface area contributed by atoms with Crippen LogP contribution >= 0.6 is 0 Å². The van der Waals surface area contributed by atoms with E-state index in [1.165, 1.54) is 6.07 Å². The third kappa shape index (κ3) is 4.51. The van der Waals surface area contributed by atoms with Crippen LogP contribution in [0.15, 0.2) is 72.8 Å². The first kappa shape index (κ1) is 21.2. The van der Waals surface area contributed by atoms with Gasteiger partial charge in [-0.15, -0.1) is 0 Å². The molecule has 162 valence electrons. The largest absolute Gasteiger partial charge is 0.323 e. The first-order valence-electron chi connectivity index (χ1n) is 10.6. The zero-order chi connectivity index (χ0) is 22.5. The molecular weight excluding hydrogens is 404 g/mol. The van der Waals surface area contributed by atoms with E-state index in [0.29, 0.717) is 12.1 Å². The molecule has 0 unspecified atom stereocenters. The Kier molecular flexibility index (Phi) is 6.26. The average Bonchev–Trinajstić information content (AvgIpc) is 3.16. The summed E-state index contributed by atoms with van der Waals surface area (Å²) in [5.74, 6) is 0.584. The lowest BCUT2D eigenvalue weighted by atomic mass is 10.1. The summed E-state index contributed by atoms with van der Waals surface area (Å²) in [6.07, 6.45) is 2.93. The van der Waals surface area contributed by atoms with Crippen LogP contribution in [0.3, 0.4) is 0 Å². The maximum atomic E-state index is 12.5. The van der Waals surface area contributed by atoms with Crippen LogP contribution in [0.25, 0.3) is 11.0 Å². The van der Waals surface area contributed by atoms with Crippen molar-refractivity contribution < 1.29 is 9.72 Å². The molecule has 0 radical (unpaired) electrons. The van der Waals surface area contributed by atoms with Crippen molar-refractivity contribution in [1.82, 2.24) is 9.55 Å². The van der Waals surface area contributed by atoms with Crippen molar-refractivity contribution in [3.8, 4) is 0 Å². The van der Waals surface area contributed by atoms with Gasteiger partial charge in [0.05, 0.1) is 16.0 Å². The Bertz CT molecular complexity index is 1260. The summed E-state index contributed by atoms with van der Waals surface area (Å²) in [5.41, 5.74) is 3.18. The summed E-state index contributed by atoms with van der Waals surface area (Å²) in [7, 11) is 0. The Balaban J connectivity index is 1.65. The predicted molar refractivity (Wildman–Crippen MR) is 125 cm³/mol. The molecular formula is C25H24N4O3. The number of anilines is 1. The van der Waals surface area contributed by atoms with Crippen LogP contribution in [-0.4, -0.2) is 20.4 Å². The Morgan fingerprint density at radius 1 is 1.06 bits per heavy atom. The number of nitro groups is 1. The molecule has 1 amide bonds. The number of hydrogen-bond acceptors (Lipinski definition) is 4. The minimum absolute atomic E-state index is 0.133. The van der Waals surface area contributed by atoms with Crippen LogP contribution in [-0.2, 0) is 13.0 Å². The number of fused-ring (bicyclic) bond motifs is 1. The smallest absolute Gasteiger partial charge is 0.293 e. The number of unbranched alkanes of at least 4 members (excludes halogenated alkanes) is 1. The molecule has 7 heteroatoms. The first-order chi connectivity index (χ1) is 15.6. The van der Waals surface area contributed by atoms with E-state index in [2.05, 4.69) is 16.8 Å². The zero-order valence-corrected chi connectivity index (χ0v) is 17.8. The van der Waals surface area contributed by atoms with Crippen LogP contribution in [0, 0.1) is 10.1 Å². The first-order valence-corrected chi connectivity index (χ1v) is 10.6. The molecule has 0 atom stereocenters. The number of aryl methyl sites for hydroxylation is 1. The van der Waals surface area contributed by atoms with Gasteiger partial charge in [0, 0.05) is 24.6 Å². The molecule has 4 rings (SSSR count). The van der Waals surface area contributed by atoms with E-state index in [1.54, 1.807) is 30.3 Å². The van der Waals surface area contributed by atoms with Crippen molar-refractivity contribution in [3.63, 3.8) is 0 Å². The molecule has 0 spiro atoms. The molecule has 0 aliphatic heterocycles. The summed E-state index contributed by atoms with van der Waals surface area (Å²) in [6.45, 7) is 2.60. The van der Waals surface area contributed by atoms with E-state index in [1.807, 2.05) is 36.4 Å². The van der Waals surface area contributed by atoms with Gasteiger partial charge in [0.15, 0.2) is 0 Å². The zero-order valence-electron chi connectivity index (χ0n) is 17.8. The van der Waals surface area contributed by atoms with Crippen molar-refractivity contribution >= 4 is 28.3 Å². The van der Waals surface area contributed by atoms with Crippen molar-refractivity contribution in [2.24, 2.45) is 0 Å². The lowest BCUT2D eigenvalue weighted by Crippen LogP contribution is -2.13. The summed E-state index contributed by atoms with van der Waals surface area (Å²) in [5, 5.41) is 14.4. The minimum Gasteiger partial charge on any atom is -0.323 e. The van der Waals surface area contributed by atoms with Gasteiger partial charge in [-0.1, -0.05) is 49.7 Å². The number of nitrogens with one attached hydrogen (secondary N) is 1. The molecule has 1 aromatic heterocycles. The van der Waals surface area contributed by atoms with Gasteiger partial charge in [0.25, 0.3) is 11.6 Å². The molecule has 1 heterocycles. The predicted octanol–water partition coefficient (Wildman–Crippen LogP) is 5.59. The Hall–Kier alpha value is -4.00. The molecule has 0 bridgehead atoms. The van der Waals surface area contributed by atoms with Crippen LogP contribution in [0.2, 0.25) is 0 Å². The van der Waals surface area contributed by atoms with E-state index >= 15 is 0 Å². The number of rotatable bonds is 8. The number of carbonyl (C=O) groups excluding carboxylic acids is 1.